The Morgan fingerprint density at radius 2 is 1.78 bits per heavy atom. The average molecular weight is 320 g/mol. The first-order valence-corrected chi connectivity index (χ1v) is 7.22. The summed E-state index contributed by atoms with van der Waals surface area (Å²) in [6.45, 7) is 1.75. The Labute approximate surface area is 132 Å². The van der Waals surface area contributed by atoms with Crippen molar-refractivity contribution in [2.75, 3.05) is 14.2 Å². The molecule has 3 aliphatic carbocycles. The molecule has 4 rings (SSSR count). The fourth-order valence-electron chi connectivity index (χ4n) is 3.86. The molecule has 7 heteroatoms. The van der Waals surface area contributed by atoms with Crippen molar-refractivity contribution in [1.82, 2.24) is 0 Å². The molecule has 0 amide bonds. The molecule has 0 aromatic rings. The van der Waals surface area contributed by atoms with Gasteiger partial charge < -0.3 is 14.2 Å². The van der Waals surface area contributed by atoms with Gasteiger partial charge in [-0.3, -0.25) is 9.59 Å². The molecule has 1 fully saturated rings. The third-order valence-corrected chi connectivity index (χ3v) is 4.75. The molecule has 0 aromatic carbocycles. The molecular weight excluding hydrogens is 304 g/mol. The van der Waals surface area contributed by atoms with Crippen LogP contribution in [-0.2, 0) is 33.4 Å². The van der Waals surface area contributed by atoms with E-state index in [9.17, 15) is 19.2 Å². The van der Waals surface area contributed by atoms with Crippen LogP contribution < -0.4 is 0 Å². The van der Waals surface area contributed by atoms with Crippen molar-refractivity contribution in [3.05, 3.63) is 22.8 Å². The lowest BCUT2D eigenvalue weighted by Gasteiger charge is -2.46. The normalized spacial score (nSPS) is 32.0. The molecule has 3 atom stereocenters. The van der Waals surface area contributed by atoms with Crippen LogP contribution in [0.1, 0.15) is 19.8 Å². The van der Waals surface area contributed by atoms with E-state index in [1.807, 2.05) is 0 Å². The van der Waals surface area contributed by atoms with E-state index in [-0.39, 0.29) is 29.8 Å². The van der Waals surface area contributed by atoms with Gasteiger partial charge in [0.1, 0.15) is 0 Å². The first-order chi connectivity index (χ1) is 10.9. The molecule has 0 saturated carbocycles. The Balaban J connectivity index is 2.25. The number of rotatable bonds is 2. The molecule has 1 heterocycles. The quantitative estimate of drug-likeness (QED) is 0.415. The number of ketones is 1. The summed E-state index contributed by atoms with van der Waals surface area (Å²) in [6.07, 6.45) is 1.92. The van der Waals surface area contributed by atoms with Crippen LogP contribution in [0.2, 0.25) is 0 Å². The Morgan fingerprint density at radius 1 is 1.17 bits per heavy atom. The highest BCUT2D eigenvalue weighted by Crippen LogP contribution is 2.53. The zero-order chi connectivity index (χ0) is 16.9. The highest BCUT2D eigenvalue weighted by Gasteiger charge is 2.64. The maximum atomic E-state index is 12.9. The second-order valence-corrected chi connectivity index (χ2v) is 5.86. The van der Waals surface area contributed by atoms with Gasteiger partial charge in [0, 0.05) is 12.8 Å². The van der Waals surface area contributed by atoms with Crippen LogP contribution in [0.5, 0.6) is 0 Å². The van der Waals surface area contributed by atoms with Crippen molar-refractivity contribution < 1.29 is 33.4 Å². The van der Waals surface area contributed by atoms with Gasteiger partial charge in [-0.1, -0.05) is 11.6 Å². The van der Waals surface area contributed by atoms with Gasteiger partial charge in [0.25, 0.3) is 0 Å². The second kappa shape index (κ2) is 5.04. The molecule has 2 bridgehead atoms. The predicted octanol–water partition coefficient (Wildman–Crippen LogP) is 0.480. The van der Waals surface area contributed by atoms with E-state index in [1.54, 1.807) is 13.0 Å². The summed E-state index contributed by atoms with van der Waals surface area (Å²) < 4.78 is 14.9. The van der Waals surface area contributed by atoms with Gasteiger partial charge in [-0.05, 0) is 6.92 Å². The van der Waals surface area contributed by atoms with E-state index < -0.39 is 35.3 Å². The predicted molar refractivity (Wildman–Crippen MR) is 74.9 cm³/mol. The minimum absolute atomic E-state index is 0.0199. The molecule has 0 radical (unpaired) electrons. The van der Waals surface area contributed by atoms with Crippen LogP contribution in [-0.4, -0.2) is 43.5 Å². The molecular formula is C16H16O7. The van der Waals surface area contributed by atoms with Gasteiger partial charge in [-0.15, -0.1) is 0 Å². The van der Waals surface area contributed by atoms with Gasteiger partial charge >= 0.3 is 17.9 Å². The number of carbonyl (C=O) groups excluding carboxylic acids is 4. The molecule has 1 spiro atoms. The van der Waals surface area contributed by atoms with Gasteiger partial charge in [0.05, 0.1) is 37.2 Å². The minimum Gasteiger partial charge on any atom is -0.466 e. The van der Waals surface area contributed by atoms with Crippen LogP contribution in [0, 0.1) is 11.8 Å². The molecule has 0 N–H and O–H groups in total. The number of methoxy groups -OCH3 is 2. The molecule has 122 valence electrons. The fraction of sp³-hybridized carbons (Fsp3) is 0.500. The van der Waals surface area contributed by atoms with Crippen molar-refractivity contribution >= 4 is 23.7 Å². The summed E-state index contributed by atoms with van der Waals surface area (Å²) in [5.74, 6) is -4.12. The molecule has 0 aromatic heterocycles. The lowest BCUT2D eigenvalue weighted by atomic mass is 9.58. The molecule has 7 nitrogen and oxygen atoms in total. The number of hydrogen-bond donors (Lipinski definition) is 0. The Morgan fingerprint density at radius 3 is 2.30 bits per heavy atom. The number of esters is 3. The van der Waals surface area contributed by atoms with E-state index in [0.29, 0.717) is 5.57 Å². The van der Waals surface area contributed by atoms with Crippen LogP contribution in [0.4, 0.5) is 0 Å². The Hall–Kier alpha value is -2.44. The highest BCUT2D eigenvalue weighted by atomic mass is 16.6. The highest BCUT2D eigenvalue weighted by molar-refractivity contribution is 6.13. The standard InChI is InChI=1S/C16H16O7/c1-7-6-8-10(14(19)21-2)11(15(20)22-3)12(7)16(13(8)18)5-4-9(17)23-16/h6,8,12H,4-5H2,1-3H3/t8-,12+,16-/m1/s1. The zero-order valence-corrected chi connectivity index (χ0v) is 13.0. The van der Waals surface area contributed by atoms with Crippen LogP contribution in [0.3, 0.4) is 0 Å². The van der Waals surface area contributed by atoms with Gasteiger partial charge in [0.2, 0.25) is 0 Å². The topological polar surface area (TPSA) is 96.0 Å². The number of Topliss-reactive ketones (excluding diaryl/α,β-unsaturated/α-hetero) is 1. The van der Waals surface area contributed by atoms with Crippen LogP contribution >= 0.6 is 0 Å². The van der Waals surface area contributed by atoms with E-state index in [0.717, 1.165) is 0 Å². The fourth-order valence-corrected chi connectivity index (χ4v) is 3.86. The molecule has 0 unspecified atom stereocenters. The lowest BCUT2D eigenvalue weighted by Crippen LogP contribution is -2.58. The Kier molecular flexibility index (Phi) is 3.39. The lowest BCUT2D eigenvalue weighted by molar-refractivity contribution is -0.165. The van der Waals surface area contributed by atoms with E-state index in [1.165, 1.54) is 14.2 Å². The zero-order valence-electron chi connectivity index (χ0n) is 13.0. The monoisotopic (exact) mass is 320 g/mol. The van der Waals surface area contributed by atoms with Crippen LogP contribution in [0.25, 0.3) is 0 Å². The Bertz CT molecular complexity index is 699. The maximum Gasteiger partial charge on any atom is 0.335 e. The first kappa shape index (κ1) is 15.5. The van der Waals surface area contributed by atoms with E-state index >= 15 is 0 Å². The first-order valence-electron chi connectivity index (χ1n) is 7.22. The molecule has 23 heavy (non-hydrogen) atoms. The van der Waals surface area contributed by atoms with Crippen LogP contribution in [0.15, 0.2) is 22.8 Å². The maximum absolute atomic E-state index is 12.9. The van der Waals surface area contributed by atoms with Crippen molar-refractivity contribution in [3.8, 4) is 0 Å². The summed E-state index contributed by atoms with van der Waals surface area (Å²) >= 11 is 0. The summed E-state index contributed by atoms with van der Waals surface area (Å²) in [7, 11) is 2.37. The number of allylic oxidation sites excluding steroid dienone is 1. The SMILES string of the molecule is COC(=O)C1=C(C(=O)OC)[C@@H]2C(C)=C[C@H]1C(=O)[C@@]21CCC(=O)O1. The largest absolute Gasteiger partial charge is 0.466 e. The van der Waals surface area contributed by atoms with E-state index in [4.69, 9.17) is 14.2 Å². The van der Waals surface area contributed by atoms with Crippen molar-refractivity contribution in [2.24, 2.45) is 11.8 Å². The molecule has 1 saturated heterocycles. The van der Waals surface area contributed by atoms with Crippen molar-refractivity contribution in [1.29, 1.82) is 0 Å². The summed E-state index contributed by atoms with van der Waals surface area (Å²) in [5, 5.41) is 0. The van der Waals surface area contributed by atoms with E-state index in [2.05, 4.69) is 0 Å². The van der Waals surface area contributed by atoms with Gasteiger partial charge in [0.15, 0.2) is 11.4 Å². The molecule has 1 aliphatic heterocycles. The number of carbonyl (C=O) groups is 4. The third-order valence-electron chi connectivity index (χ3n) is 4.75. The number of hydrogen-bond acceptors (Lipinski definition) is 7. The summed E-state index contributed by atoms with van der Waals surface area (Å²) in [6, 6.07) is 0. The minimum atomic E-state index is -1.42. The van der Waals surface area contributed by atoms with Crippen molar-refractivity contribution in [3.63, 3.8) is 0 Å². The smallest absolute Gasteiger partial charge is 0.335 e. The summed E-state index contributed by atoms with van der Waals surface area (Å²) in [4.78, 5) is 48.9. The van der Waals surface area contributed by atoms with Crippen molar-refractivity contribution in [2.45, 2.75) is 25.4 Å². The third kappa shape index (κ3) is 1.89. The van der Waals surface area contributed by atoms with Gasteiger partial charge in [-0.25, -0.2) is 9.59 Å². The molecule has 4 aliphatic rings. The van der Waals surface area contributed by atoms with Gasteiger partial charge in [-0.2, -0.15) is 0 Å². The second-order valence-electron chi connectivity index (χ2n) is 5.86. The number of ether oxygens (including phenoxy) is 3. The average Bonchev–Trinajstić information content (AvgIpc) is 2.92. The summed E-state index contributed by atoms with van der Waals surface area (Å²) in [5.41, 5.74) is -0.675.